The molecular weight excluding hydrogens is 677 g/mol. The van der Waals surface area contributed by atoms with Crippen LogP contribution in [0.3, 0.4) is 0 Å². The number of hydrogen-bond acceptors (Lipinski definition) is 8. The first kappa shape index (κ1) is 47.2. The van der Waals surface area contributed by atoms with Gasteiger partial charge in [0.2, 0.25) is 0 Å². The normalized spacial score (nSPS) is 17.9. The van der Waals surface area contributed by atoms with Crippen LogP contribution in [0.15, 0.2) is 35.9 Å². The average Bonchev–Trinajstić information content (AvgIpc) is 2.99. The van der Waals surface area contributed by atoms with Gasteiger partial charge in [0.1, 0.15) is 23.2 Å². The molecule has 10 heteroatoms. The van der Waals surface area contributed by atoms with Gasteiger partial charge in [0.25, 0.3) is 0 Å². The van der Waals surface area contributed by atoms with Crippen LogP contribution in [0.1, 0.15) is 102 Å². The maximum Gasteiger partial charge on any atom is 0.337 e. The number of carbonyl (C=O) groups is 2. The summed E-state index contributed by atoms with van der Waals surface area (Å²) in [5, 5.41) is -0.254. The smallest absolute Gasteiger partial charge is 0.337 e. The topological polar surface area (TPSA) is 89.5 Å². The Morgan fingerprint density at radius 2 is 1.22 bits per heavy atom. The van der Waals surface area contributed by atoms with Gasteiger partial charge >= 0.3 is 5.97 Å². The zero-order valence-corrected chi connectivity index (χ0v) is 37.9. The maximum atomic E-state index is 14.6. The van der Waals surface area contributed by atoms with Gasteiger partial charge < -0.3 is 27.8 Å². The number of rotatable bonds is 18. The molecule has 0 saturated heterocycles. The first-order chi connectivity index (χ1) is 23.0. The fraction of sp³-hybridized carbons (Fsp3) is 0.756. The molecule has 8 nitrogen and oxygen atoms in total. The van der Waals surface area contributed by atoms with Crippen LogP contribution in [0.4, 0.5) is 0 Å². The summed E-state index contributed by atoms with van der Waals surface area (Å²) in [5.74, 6) is -0.927. The van der Waals surface area contributed by atoms with Gasteiger partial charge in [0.15, 0.2) is 22.7 Å². The Morgan fingerprint density at radius 3 is 1.63 bits per heavy atom. The Labute approximate surface area is 314 Å². The number of ether oxygens (including phenoxy) is 4. The van der Waals surface area contributed by atoms with Crippen LogP contribution in [0.2, 0.25) is 36.3 Å². The number of carbonyl (C=O) groups excluding carboxylic acids is 2. The Hall–Kier alpha value is -1.83. The summed E-state index contributed by atoms with van der Waals surface area (Å²) in [6.45, 7) is 37.5. The molecule has 0 N–H and O–H groups in total. The fourth-order valence-corrected chi connectivity index (χ4v) is 7.85. The summed E-state index contributed by atoms with van der Waals surface area (Å²) < 4.78 is 37.2. The predicted molar refractivity (Wildman–Crippen MR) is 214 cm³/mol. The van der Waals surface area contributed by atoms with Gasteiger partial charge in [0.05, 0.1) is 25.9 Å². The predicted octanol–water partition coefficient (Wildman–Crippen LogP) is 10.2. The minimum absolute atomic E-state index is 0.0507. The summed E-state index contributed by atoms with van der Waals surface area (Å²) in [7, 11) is -1.63. The van der Waals surface area contributed by atoms with Crippen molar-refractivity contribution in [3.05, 3.63) is 41.5 Å². The van der Waals surface area contributed by atoms with Gasteiger partial charge in [-0.2, -0.15) is 0 Å². The Morgan fingerprint density at radius 1 is 0.745 bits per heavy atom. The van der Waals surface area contributed by atoms with Crippen molar-refractivity contribution in [2.24, 2.45) is 17.8 Å². The number of ketones is 1. The molecule has 0 amide bonds. The van der Waals surface area contributed by atoms with Gasteiger partial charge in [-0.05, 0) is 94.2 Å². The molecule has 1 unspecified atom stereocenters. The van der Waals surface area contributed by atoms with Crippen LogP contribution in [0.5, 0.6) is 5.75 Å². The van der Waals surface area contributed by atoms with Crippen molar-refractivity contribution in [1.29, 1.82) is 0 Å². The standard InChI is InChI=1S/C41H74O8Si2/c1-27(31(5)46-26-32-21-23-33(44-15)24-22-32)25-28(2)35(48-50(17,18)40(9,10)11)29(3)34(42)30(4)36(45-16)37(38(43)47-39(6,7)8)49-51(19,20)41(12,13)14/h21-25,27,29-31,35-37H,26H2,1-20H3/b28-25+/t27-,29-,30+,31?,35-,36-,37+/m0/s1. The highest BCUT2D eigenvalue weighted by atomic mass is 28.4. The van der Waals surface area contributed by atoms with Gasteiger partial charge in [-0.15, -0.1) is 0 Å². The first-order valence-corrected chi connectivity index (χ1v) is 24.4. The van der Waals surface area contributed by atoms with Crippen LogP contribution in [-0.4, -0.2) is 72.6 Å². The molecule has 0 heterocycles. The lowest BCUT2D eigenvalue weighted by atomic mass is 9.83. The molecule has 0 aliphatic carbocycles. The summed E-state index contributed by atoms with van der Waals surface area (Å²) >= 11 is 0. The second-order valence-corrected chi connectivity index (χ2v) is 28.0. The van der Waals surface area contributed by atoms with E-state index in [1.807, 2.05) is 58.9 Å². The molecule has 1 rings (SSSR count). The fourth-order valence-electron chi connectivity index (χ4n) is 5.25. The van der Waals surface area contributed by atoms with Crippen LogP contribution in [0, 0.1) is 17.8 Å². The zero-order chi connectivity index (χ0) is 39.9. The molecule has 0 aliphatic rings. The van der Waals surface area contributed by atoms with E-state index in [1.54, 1.807) is 7.11 Å². The van der Waals surface area contributed by atoms with E-state index in [0.29, 0.717) is 6.61 Å². The van der Waals surface area contributed by atoms with Crippen LogP contribution in [-0.2, 0) is 39.3 Å². The molecule has 0 radical (unpaired) electrons. The van der Waals surface area contributed by atoms with E-state index >= 15 is 0 Å². The van der Waals surface area contributed by atoms with E-state index in [2.05, 4.69) is 94.6 Å². The molecule has 0 aliphatic heterocycles. The lowest BCUT2D eigenvalue weighted by molar-refractivity contribution is -0.174. The van der Waals surface area contributed by atoms with Gasteiger partial charge in [-0.3, -0.25) is 4.79 Å². The largest absolute Gasteiger partial charge is 0.497 e. The van der Waals surface area contributed by atoms with Crippen molar-refractivity contribution < 1.29 is 37.4 Å². The summed E-state index contributed by atoms with van der Waals surface area (Å²) in [5.41, 5.74) is 1.31. The number of esters is 1. The maximum absolute atomic E-state index is 14.6. The van der Waals surface area contributed by atoms with Gasteiger partial charge in [-0.1, -0.05) is 80.5 Å². The molecule has 0 fully saturated rings. The third kappa shape index (κ3) is 13.8. The highest BCUT2D eigenvalue weighted by molar-refractivity contribution is 6.74. The molecule has 1 aromatic carbocycles. The second kappa shape index (κ2) is 18.5. The average molecular weight is 751 g/mol. The van der Waals surface area contributed by atoms with E-state index in [9.17, 15) is 9.59 Å². The van der Waals surface area contributed by atoms with Crippen molar-refractivity contribution >= 4 is 28.4 Å². The minimum atomic E-state index is -2.49. The molecule has 0 spiro atoms. The van der Waals surface area contributed by atoms with Crippen LogP contribution < -0.4 is 4.74 Å². The molecule has 0 aromatic heterocycles. The molecule has 294 valence electrons. The van der Waals surface area contributed by atoms with Gasteiger partial charge in [0, 0.05) is 24.9 Å². The van der Waals surface area contributed by atoms with Crippen molar-refractivity contribution in [1.82, 2.24) is 0 Å². The highest BCUT2D eigenvalue weighted by Crippen LogP contribution is 2.41. The van der Waals surface area contributed by atoms with Crippen molar-refractivity contribution in [2.45, 2.75) is 170 Å². The molecule has 7 atom stereocenters. The quantitative estimate of drug-likeness (QED) is 0.0832. The lowest BCUT2D eigenvalue weighted by Gasteiger charge is -2.43. The van der Waals surface area contributed by atoms with Crippen LogP contribution >= 0.6 is 0 Å². The molecule has 0 saturated carbocycles. The highest BCUT2D eigenvalue weighted by Gasteiger charge is 2.48. The Bertz CT molecular complexity index is 1280. The summed E-state index contributed by atoms with van der Waals surface area (Å²) in [6.07, 6.45) is -0.298. The number of methoxy groups -OCH3 is 2. The van der Waals surface area contributed by atoms with E-state index in [-0.39, 0.29) is 27.9 Å². The Kier molecular flexibility index (Phi) is 17.1. The molecular formula is C41H74O8Si2. The van der Waals surface area contributed by atoms with Crippen LogP contribution in [0.25, 0.3) is 0 Å². The van der Waals surface area contributed by atoms with E-state index in [4.69, 9.17) is 27.8 Å². The SMILES string of the molecule is COc1ccc(COC(C)[C@@H](C)/C=C(\C)[C@H](O[Si](C)(C)C(C)(C)C)[C@@H](C)C(=O)[C@@H](C)[C@H](OC)[C@@H](O[Si](C)(C)C(C)(C)C)C(=O)OC(C)(C)C)cc1. The third-order valence-electron chi connectivity index (χ3n) is 10.9. The minimum Gasteiger partial charge on any atom is -0.497 e. The zero-order valence-electron chi connectivity index (χ0n) is 35.9. The van der Waals surface area contributed by atoms with Gasteiger partial charge in [-0.25, -0.2) is 4.79 Å². The van der Waals surface area contributed by atoms with E-state index < -0.39 is 58.4 Å². The molecule has 51 heavy (non-hydrogen) atoms. The van der Waals surface area contributed by atoms with E-state index in [1.165, 1.54) is 7.11 Å². The molecule has 1 aromatic rings. The van der Waals surface area contributed by atoms with Crippen molar-refractivity contribution in [3.63, 3.8) is 0 Å². The molecule has 0 bridgehead atoms. The first-order valence-electron chi connectivity index (χ1n) is 18.6. The second-order valence-electron chi connectivity index (χ2n) is 18.4. The third-order valence-corrected chi connectivity index (χ3v) is 19.8. The monoisotopic (exact) mass is 750 g/mol. The van der Waals surface area contributed by atoms with Crippen molar-refractivity contribution in [2.75, 3.05) is 14.2 Å². The Balaban J connectivity index is 3.52. The summed E-state index contributed by atoms with van der Waals surface area (Å²) in [6, 6.07) is 7.88. The number of Topliss-reactive ketones (excluding diaryl/α,β-unsaturated/α-hetero) is 1. The summed E-state index contributed by atoms with van der Waals surface area (Å²) in [4.78, 5) is 28.4. The number of benzene rings is 1. The lowest BCUT2D eigenvalue weighted by Crippen LogP contribution is -2.55. The van der Waals surface area contributed by atoms with Crippen molar-refractivity contribution in [3.8, 4) is 5.75 Å². The number of hydrogen-bond donors (Lipinski definition) is 0. The van der Waals surface area contributed by atoms with E-state index in [0.717, 1.165) is 16.9 Å².